The topological polar surface area (TPSA) is 28.4 Å². The second-order valence-electron chi connectivity index (χ2n) is 7.24. The van der Waals surface area contributed by atoms with Gasteiger partial charge >= 0.3 is 0 Å². The predicted octanol–water partition coefficient (Wildman–Crippen LogP) is 3.72. The first-order valence-corrected chi connectivity index (χ1v) is 9.72. The first-order chi connectivity index (χ1) is 11.2. The van der Waals surface area contributed by atoms with Crippen LogP contribution in [0, 0.1) is 5.92 Å². The number of aliphatic hydroxyl groups is 1. The van der Waals surface area contributed by atoms with Gasteiger partial charge < -0.3 is 9.67 Å². The van der Waals surface area contributed by atoms with E-state index in [0.717, 1.165) is 39.0 Å². The molecule has 0 radical (unpaired) electrons. The summed E-state index contributed by atoms with van der Waals surface area (Å²) in [5.41, 5.74) is 1.02. The van der Waals surface area contributed by atoms with Crippen LogP contribution < -0.4 is 0 Å². The van der Waals surface area contributed by atoms with E-state index in [1.807, 2.05) is 11.3 Å². The lowest BCUT2D eigenvalue weighted by molar-refractivity contribution is -0.0970. The van der Waals surface area contributed by atoms with Gasteiger partial charge in [-0.25, -0.2) is 0 Å². The van der Waals surface area contributed by atoms with E-state index in [-0.39, 0.29) is 5.60 Å². The minimum Gasteiger partial charge on any atom is -0.390 e. The van der Waals surface area contributed by atoms with Gasteiger partial charge in [0, 0.05) is 42.3 Å². The van der Waals surface area contributed by atoms with E-state index in [1.165, 1.54) is 29.8 Å². The number of nitrogens with zero attached hydrogens (tertiary/aromatic N) is 2. The van der Waals surface area contributed by atoms with Crippen molar-refractivity contribution in [2.24, 2.45) is 5.92 Å². The highest BCUT2D eigenvalue weighted by atomic mass is 32.1. The average molecular weight is 330 g/mol. The Kier molecular flexibility index (Phi) is 4.31. The maximum absolute atomic E-state index is 10.8. The molecule has 2 aromatic heterocycles. The van der Waals surface area contributed by atoms with Gasteiger partial charge in [-0.1, -0.05) is 18.9 Å². The monoisotopic (exact) mass is 330 g/mol. The first-order valence-electron chi connectivity index (χ1n) is 8.84. The molecule has 0 aromatic carbocycles. The summed E-state index contributed by atoms with van der Waals surface area (Å²) in [6.45, 7) is 4.06. The first kappa shape index (κ1) is 15.4. The van der Waals surface area contributed by atoms with Crippen LogP contribution in [0.5, 0.6) is 0 Å². The van der Waals surface area contributed by atoms with Crippen LogP contribution >= 0.6 is 11.3 Å². The summed E-state index contributed by atoms with van der Waals surface area (Å²) in [5.74, 6) is 0.478. The molecule has 4 heteroatoms. The summed E-state index contributed by atoms with van der Waals surface area (Å²) in [5, 5.41) is 13.0. The molecule has 1 aliphatic carbocycles. The number of rotatable bonds is 4. The van der Waals surface area contributed by atoms with Crippen LogP contribution in [-0.2, 0) is 13.1 Å². The van der Waals surface area contributed by atoms with Crippen molar-refractivity contribution in [1.29, 1.82) is 0 Å². The van der Waals surface area contributed by atoms with Crippen LogP contribution in [0.3, 0.4) is 0 Å². The highest BCUT2D eigenvalue weighted by Crippen LogP contribution is 2.40. The molecule has 1 N–H and O–H groups in total. The molecular weight excluding hydrogens is 304 g/mol. The highest BCUT2D eigenvalue weighted by Gasteiger charge is 2.42. The maximum Gasteiger partial charge on any atom is 0.0700 e. The molecule has 3 heterocycles. The molecule has 2 fully saturated rings. The Morgan fingerprint density at radius 1 is 1.17 bits per heavy atom. The van der Waals surface area contributed by atoms with Gasteiger partial charge in [0.15, 0.2) is 0 Å². The molecule has 23 heavy (non-hydrogen) atoms. The molecule has 0 spiro atoms. The number of hydrogen-bond donors (Lipinski definition) is 1. The minimum absolute atomic E-state index is 0.367. The van der Waals surface area contributed by atoms with Crippen molar-refractivity contribution in [2.75, 3.05) is 13.1 Å². The highest BCUT2D eigenvalue weighted by molar-refractivity contribution is 7.09. The molecule has 3 nitrogen and oxygen atoms in total. The van der Waals surface area contributed by atoms with Crippen molar-refractivity contribution in [3.05, 3.63) is 46.4 Å². The zero-order chi connectivity index (χ0) is 15.7. The molecule has 0 bridgehead atoms. The van der Waals surface area contributed by atoms with E-state index < -0.39 is 0 Å². The van der Waals surface area contributed by atoms with Gasteiger partial charge in [-0.2, -0.15) is 0 Å². The van der Waals surface area contributed by atoms with Crippen LogP contribution in [0.2, 0.25) is 0 Å². The van der Waals surface area contributed by atoms with Crippen LogP contribution in [0.1, 0.15) is 42.7 Å². The Morgan fingerprint density at radius 2 is 2.13 bits per heavy atom. The summed E-state index contributed by atoms with van der Waals surface area (Å²) < 4.78 is 2.37. The molecule has 2 aromatic rings. The Morgan fingerprint density at radius 3 is 3.00 bits per heavy atom. The van der Waals surface area contributed by atoms with Crippen molar-refractivity contribution in [2.45, 2.75) is 50.8 Å². The van der Waals surface area contributed by atoms with E-state index in [9.17, 15) is 5.11 Å². The quantitative estimate of drug-likeness (QED) is 0.925. The Bertz CT molecular complexity index is 636. The molecule has 2 unspecified atom stereocenters. The molecule has 2 aliphatic rings. The largest absolute Gasteiger partial charge is 0.390 e. The summed E-state index contributed by atoms with van der Waals surface area (Å²) in [7, 11) is 0. The fourth-order valence-corrected chi connectivity index (χ4v) is 5.03. The number of hydrogen-bond acceptors (Lipinski definition) is 3. The fraction of sp³-hybridized carbons (Fsp3) is 0.579. The molecule has 1 saturated heterocycles. The zero-order valence-electron chi connectivity index (χ0n) is 13.7. The third-order valence-electron chi connectivity index (χ3n) is 5.73. The van der Waals surface area contributed by atoms with E-state index in [2.05, 4.69) is 45.3 Å². The lowest BCUT2D eigenvalue weighted by Gasteiger charge is -2.47. The molecule has 124 valence electrons. The van der Waals surface area contributed by atoms with Crippen LogP contribution in [0.4, 0.5) is 0 Å². The molecular formula is C19H26N2OS. The van der Waals surface area contributed by atoms with Crippen molar-refractivity contribution in [3.63, 3.8) is 0 Å². The summed E-state index contributed by atoms with van der Waals surface area (Å²) >= 11 is 1.82. The van der Waals surface area contributed by atoms with Crippen molar-refractivity contribution in [3.8, 4) is 0 Å². The second kappa shape index (κ2) is 6.42. The van der Waals surface area contributed by atoms with E-state index in [4.69, 9.17) is 0 Å². The SMILES string of the molecule is OC12CCCCC1CN(Cc1cccn1Cc1cccs1)CC2. The number of thiophene rings is 1. The number of fused-ring (bicyclic) bond motifs is 1. The van der Waals surface area contributed by atoms with Gasteiger partial charge in [-0.15, -0.1) is 11.3 Å². The van der Waals surface area contributed by atoms with E-state index in [0.29, 0.717) is 5.92 Å². The van der Waals surface area contributed by atoms with Gasteiger partial charge in [0.1, 0.15) is 0 Å². The van der Waals surface area contributed by atoms with Crippen LogP contribution in [0.15, 0.2) is 35.8 Å². The molecule has 4 rings (SSSR count). The average Bonchev–Trinajstić information content (AvgIpc) is 3.21. The Labute approximate surface area is 142 Å². The number of piperidine rings is 1. The molecule has 1 saturated carbocycles. The van der Waals surface area contributed by atoms with E-state index >= 15 is 0 Å². The molecule has 1 aliphatic heterocycles. The molecule has 0 amide bonds. The standard InChI is InChI=1S/C19H26N2OS/c22-19-8-2-1-5-16(19)13-20(11-9-19)14-17-6-3-10-21(17)15-18-7-4-12-23-18/h3-4,6-7,10,12,16,22H,1-2,5,8-9,11,13-15H2. The number of aromatic nitrogens is 1. The second-order valence-corrected chi connectivity index (χ2v) is 8.27. The number of likely N-dealkylation sites (tertiary alicyclic amines) is 1. The van der Waals surface area contributed by atoms with Crippen molar-refractivity contribution < 1.29 is 5.11 Å². The summed E-state index contributed by atoms with van der Waals surface area (Å²) in [6, 6.07) is 8.73. The van der Waals surface area contributed by atoms with Gasteiger partial charge in [-0.3, -0.25) is 4.90 Å². The Hall–Kier alpha value is -1.10. The predicted molar refractivity (Wildman–Crippen MR) is 94.7 cm³/mol. The summed E-state index contributed by atoms with van der Waals surface area (Å²) in [6.07, 6.45) is 7.84. The summed E-state index contributed by atoms with van der Waals surface area (Å²) in [4.78, 5) is 3.95. The Balaban J connectivity index is 1.42. The smallest absolute Gasteiger partial charge is 0.0700 e. The molecule has 2 atom stereocenters. The minimum atomic E-state index is -0.367. The van der Waals surface area contributed by atoms with Gasteiger partial charge in [0.25, 0.3) is 0 Å². The van der Waals surface area contributed by atoms with Gasteiger partial charge in [0.05, 0.1) is 12.1 Å². The van der Waals surface area contributed by atoms with Crippen LogP contribution in [0.25, 0.3) is 0 Å². The van der Waals surface area contributed by atoms with E-state index in [1.54, 1.807) is 0 Å². The third kappa shape index (κ3) is 3.25. The van der Waals surface area contributed by atoms with Crippen molar-refractivity contribution >= 4 is 11.3 Å². The lowest BCUT2D eigenvalue weighted by Crippen LogP contribution is -2.53. The zero-order valence-corrected chi connectivity index (χ0v) is 14.5. The lowest BCUT2D eigenvalue weighted by atomic mass is 9.71. The normalized spacial score (nSPS) is 28.7. The van der Waals surface area contributed by atoms with Crippen molar-refractivity contribution in [1.82, 2.24) is 9.47 Å². The maximum atomic E-state index is 10.8. The third-order valence-corrected chi connectivity index (χ3v) is 6.59. The van der Waals surface area contributed by atoms with Gasteiger partial charge in [-0.05, 0) is 42.8 Å². The van der Waals surface area contributed by atoms with Crippen LogP contribution in [-0.4, -0.2) is 33.3 Å². The van der Waals surface area contributed by atoms with Gasteiger partial charge in [0.2, 0.25) is 0 Å². The fourth-order valence-electron chi connectivity index (χ4n) is 4.33.